The van der Waals surface area contributed by atoms with E-state index in [9.17, 15) is 14.7 Å². The van der Waals surface area contributed by atoms with E-state index in [1.807, 2.05) is 61.3 Å². The fourth-order valence-electron chi connectivity index (χ4n) is 5.28. The van der Waals surface area contributed by atoms with Gasteiger partial charge in [0.15, 0.2) is 0 Å². The predicted molar refractivity (Wildman–Crippen MR) is 161 cm³/mol. The Balaban J connectivity index is 0.00000533. The van der Waals surface area contributed by atoms with Crippen LogP contribution in [0, 0.1) is 12.8 Å². The van der Waals surface area contributed by atoms with Crippen LogP contribution in [0.3, 0.4) is 0 Å². The Labute approximate surface area is 265 Å². The molecule has 5 nitrogen and oxygen atoms in total. The van der Waals surface area contributed by atoms with Gasteiger partial charge in [0.05, 0.1) is 12.0 Å². The molecule has 1 saturated carbocycles. The Hall–Kier alpha value is -0.960. The number of benzene rings is 2. The minimum absolute atomic E-state index is 0. The second-order valence-electron chi connectivity index (χ2n) is 10.3. The number of carbonyl (C=O) groups is 2. The molecule has 1 aliphatic carbocycles. The van der Waals surface area contributed by atoms with Crippen LogP contribution in [0.25, 0.3) is 11.1 Å². The number of aliphatic carboxylic acids is 1. The number of thioether (sulfide) groups is 2. The van der Waals surface area contributed by atoms with Crippen LogP contribution < -0.4 is 45.3 Å². The molecule has 2 N–H and O–H groups in total. The average Bonchev–Trinajstić information content (AvgIpc) is 2.93. The van der Waals surface area contributed by atoms with E-state index in [0.717, 1.165) is 46.2 Å². The Morgan fingerprint density at radius 3 is 2.49 bits per heavy atom. The summed E-state index contributed by atoms with van der Waals surface area (Å²) in [5.74, 6) is 2.04. The van der Waals surface area contributed by atoms with E-state index in [0.29, 0.717) is 23.8 Å². The number of hydrogen-bond donors (Lipinski definition) is 2. The molecule has 0 spiro atoms. The number of nitrogens with one attached hydrogen (secondary N) is 2. The maximum Gasteiger partial charge on any atom is 1.00 e. The summed E-state index contributed by atoms with van der Waals surface area (Å²) in [4.78, 5) is 25.0. The van der Waals surface area contributed by atoms with Crippen molar-refractivity contribution in [1.29, 1.82) is 0 Å². The van der Waals surface area contributed by atoms with Crippen molar-refractivity contribution in [3.05, 3.63) is 59.2 Å². The molecule has 1 amide bonds. The predicted octanol–water partition coefficient (Wildman–Crippen LogP) is 2.45. The third-order valence-electron chi connectivity index (χ3n) is 7.42. The van der Waals surface area contributed by atoms with Gasteiger partial charge in [0, 0.05) is 23.9 Å². The van der Waals surface area contributed by atoms with E-state index in [-0.39, 0.29) is 35.5 Å². The fraction of sp³-hybridized carbons (Fsp3) is 0.548. The summed E-state index contributed by atoms with van der Waals surface area (Å²) in [5.41, 5.74) is 4.48. The molecule has 208 valence electrons. The number of carboxylic acid groups (broad SMARTS) is 1. The molecule has 1 aliphatic rings. The summed E-state index contributed by atoms with van der Waals surface area (Å²) < 4.78 is 0. The van der Waals surface area contributed by atoms with Gasteiger partial charge in [0.25, 0.3) is 5.91 Å². The average molecular weight is 579 g/mol. The fourth-order valence-corrected chi connectivity index (χ4v) is 6.52. The molecule has 0 radical (unpaired) electrons. The van der Waals surface area contributed by atoms with Crippen LogP contribution >= 0.6 is 23.5 Å². The topological polar surface area (TPSA) is 81.3 Å². The minimum atomic E-state index is -1.25. The first-order chi connectivity index (χ1) is 18.4. The van der Waals surface area contributed by atoms with Crippen LogP contribution in [0.5, 0.6) is 0 Å². The molecule has 0 aliphatic heterocycles. The molecule has 1 fully saturated rings. The van der Waals surface area contributed by atoms with Crippen LogP contribution in [0.15, 0.2) is 42.5 Å². The monoisotopic (exact) mass is 578 g/mol. The summed E-state index contributed by atoms with van der Waals surface area (Å²) in [5, 5.41) is 18.2. The normalized spacial score (nSPS) is 15.3. The standard InChI is InChI=1S/C31H44N2O3S2.Na/c1-4-38-21-25(18-23-11-6-5-7-12-23)32-20-24-14-15-27(28(19-24)26-13-9-8-10-22(26)2)30(34)33-29(31(35)36)16-17-37-3;/h8-10,13-15,19,23,25,29,32H,4-7,11-12,16-18,20-21H2,1-3H3,(H,33,34)(H,35,36);/q;+1/p-1/t25-,29-;/m0./s1. The second-order valence-corrected chi connectivity index (χ2v) is 12.6. The maximum absolute atomic E-state index is 13.3. The SMILES string of the molecule is CCSC[C@H](CC1CCCCC1)NCc1ccc(C(=O)N[C@@H](CCSC)C(=O)[O-])c(-c2ccccc2C)c1.[Na+]. The van der Waals surface area contributed by atoms with Crippen molar-refractivity contribution < 1.29 is 44.3 Å². The van der Waals surface area contributed by atoms with Crippen molar-refractivity contribution in [2.75, 3.05) is 23.5 Å². The molecule has 0 bridgehead atoms. The van der Waals surface area contributed by atoms with Gasteiger partial charge in [-0.05, 0) is 77.8 Å². The molecule has 0 heterocycles. The van der Waals surface area contributed by atoms with Crippen molar-refractivity contribution in [2.45, 2.75) is 77.4 Å². The van der Waals surface area contributed by atoms with Gasteiger partial charge in [0.2, 0.25) is 0 Å². The molecule has 2 aromatic carbocycles. The van der Waals surface area contributed by atoms with Crippen molar-refractivity contribution in [1.82, 2.24) is 10.6 Å². The smallest absolute Gasteiger partial charge is 0.548 e. The van der Waals surface area contributed by atoms with E-state index in [4.69, 9.17) is 0 Å². The van der Waals surface area contributed by atoms with Gasteiger partial charge in [-0.2, -0.15) is 23.5 Å². The van der Waals surface area contributed by atoms with Crippen molar-refractivity contribution in [2.24, 2.45) is 5.92 Å². The third-order valence-corrected chi connectivity index (χ3v) is 9.12. The van der Waals surface area contributed by atoms with E-state index >= 15 is 0 Å². The Morgan fingerprint density at radius 2 is 1.82 bits per heavy atom. The minimum Gasteiger partial charge on any atom is -0.548 e. The van der Waals surface area contributed by atoms with Crippen LogP contribution in [0.1, 0.15) is 73.4 Å². The van der Waals surface area contributed by atoms with Crippen LogP contribution in [-0.4, -0.2) is 47.5 Å². The maximum atomic E-state index is 13.3. The second kappa shape index (κ2) is 18.5. The van der Waals surface area contributed by atoms with E-state index in [2.05, 4.69) is 23.6 Å². The largest absolute Gasteiger partial charge is 1.00 e. The molecule has 0 saturated heterocycles. The number of hydrogen-bond acceptors (Lipinski definition) is 6. The van der Waals surface area contributed by atoms with Gasteiger partial charge in [-0.25, -0.2) is 0 Å². The molecule has 0 aromatic heterocycles. The van der Waals surface area contributed by atoms with Gasteiger partial charge in [-0.1, -0.05) is 69.4 Å². The molecule has 39 heavy (non-hydrogen) atoms. The van der Waals surface area contributed by atoms with Gasteiger partial charge in [0.1, 0.15) is 0 Å². The van der Waals surface area contributed by atoms with Gasteiger partial charge >= 0.3 is 29.6 Å². The summed E-state index contributed by atoms with van der Waals surface area (Å²) in [6.07, 6.45) is 10.3. The van der Waals surface area contributed by atoms with Crippen molar-refractivity contribution in [3.8, 4) is 11.1 Å². The third kappa shape index (κ3) is 11.1. The number of carboxylic acids is 1. The van der Waals surface area contributed by atoms with E-state index < -0.39 is 12.0 Å². The number of carbonyl (C=O) groups excluding carboxylic acids is 2. The quantitative estimate of drug-likeness (QED) is 0.316. The molecular weight excluding hydrogens is 535 g/mol. The first-order valence-corrected chi connectivity index (χ1v) is 16.5. The zero-order chi connectivity index (χ0) is 27.3. The molecule has 0 unspecified atom stereocenters. The van der Waals surface area contributed by atoms with Crippen LogP contribution in [0.2, 0.25) is 0 Å². The molecule has 8 heteroatoms. The zero-order valence-electron chi connectivity index (χ0n) is 24.1. The Bertz CT molecular complexity index is 1050. The first-order valence-electron chi connectivity index (χ1n) is 13.9. The molecule has 2 atom stereocenters. The van der Waals surface area contributed by atoms with E-state index in [1.165, 1.54) is 38.5 Å². The van der Waals surface area contributed by atoms with Gasteiger partial charge in [-0.3, -0.25) is 4.79 Å². The van der Waals surface area contributed by atoms with Gasteiger partial charge < -0.3 is 20.5 Å². The molecular formula is C31H43N2NaO3S2. The van der Waals surface area contributed by atoms with Crippen molar-refractivity contribution in [3.63, 3.8) is 0 Å². The number of rotatable bonds is 15. The first kappa shape index (κ1) is 34.2. The van der Waals surface area contributed by atoms with Crippen molar-refractivity contribution >= 4 is 35.4 Å². The summed E-state index contributed by atoms with van der Waals surface area (Å²) in [6, 6.07) is 13.4. The Kier molecular flexibility index (Phi) is 16.2. The van der Waals surface area contributed by atoms with Crippen LogP contribution in [-0.2, 0) is 11.3 Å². The number of aryl methyl sites for hydroxylation is 1. The molecule has 3 rings (SSSR count). The summed E-state index contributed by atoms with van der Waals surface area (Å²) in [6.45, 7) is 4.98. The van der Waals surface area contributed by atoms with Crippen LogP contribution in [0.4, 0.5) is 0 Å². The van der Waals surface area contributed by atoms with Gasteiger partial charge in [-0.15, -0.1) is 0 Å². The summed E-state index contributed by atoms with van der Waals surface area (Å²) in [7, 11) is 0. The molecule has 2 aromatic rings. The Morgan fingerprint density at radius 1 is 1.08 bits per heavy atom. The number of amides is 1. The van der Waals surface area contributed by atoms with E-state index in [1.54, 1.807) is 11.8 Å². The zero-order valence-corrected chi connectivity index (χ0v) is 27.7. The summed E-state index contributed by atoms with van der Waals surface area (Å²) >= 11 is 3.54.